The van der Waals surface area contributed by atoms with Crippen molar-refractivity contribution in [3.8, 4) is 0 Å². The fraction of sp³-hybridized carbons (Fsp3) is 0.824. The van der Waals surface area contributed by atoms with Gasteiger partial charge in [-0.25, -0.2) is 4.79 Å². The number of hydrogen-bond donors (Lipinski definition) is 1. The molecule has 0 aromatic carbocycles. The van der Waals surface area contributed by atoms with Gasteiger partial charge in [0.2, 0.25) is 5.91 Å². The van der Waals surface area contributed by atoms with E-state index in [1.807, 2.05) is 7.05 Å². The van der Waals surface area contributed by atoms with Crippen LogP contribution in [0.3, 0.4) is 0 Å². The van der Waals surface area contributed by atoms with Gasteiger partial charge in [-0.15, -0.1) is 0 Å². The third-order valence-corrected chi connectivity index (χ3v) is 5.91. The molecule has 1 aliphatic carbocycles. The molecule has 0 aromatic rings. The molecule has 0 aromatic heterocycles. The fourth-order valence-corrected chi connectivity index (χ4v) is 4.42. The molecule has 7 nitrogen and oxygen atoms in total. The maximum absolute atomic E-state index is 12.9. The lowest BCUT2D eigenvalue weighted by Crippen LogP contribution is -2.49. The summed E-state index contributed by atoms with van der Waals surface area (Å²) in [5, 5.41) is 3.14. The minimum atomic E-state index is -0.699. The molecule has 2 heterocycles. The molecular weight excluding hydrogens is 308 g/mol. The van der Waals surface area contributed by atoms with Gasteiger partial charge in [0, 0.05) is 20.1 Å². The van der Waals surface area contributed by atoms with E-state index < -0.39 is 5.54 Å². The summed E-state index contributed by atoms with van der Waals surface area (Å²) in [6.07, 6.45) is 5.43. The number of imide groups is 1. The average molecular weight is 336 g/mol. The summed E-state index contributed by atoms with van der Waals surface area (Å²) in [7, 11) is 3.61. The summed E-state index contributed by atoms with van der Waals surface area (Å²) < 4.78 is 0. The van der Waals surface area contributed by atoms with E-state index in [4.69, 9.17) is 0 Å². The lowest BCUT2D eigenvalue weighted by atomic mass is 9.81. The van der Waals surface area contributed by atoms with Crippen LogP contribution in [0.1, 0.15) is 38.5 Å². The molecule has 1 saturated carbocycles. The molecule has 1 unspecified atom stereocenters. The number of carbonyl (C=O) groups excluding carboxylic acids is 3. The normalized spacial score (nSPS) is 26.8. The third kappa shape index (κ3) is 2.79. The van der Waals surface area contributed by atoms with E-state index in [2.05, 4.69) is 5.32 Å². The second kappa shape index (κ2) is 6.70. The number of carbonyl (C=O) groups is 3. The molecule has 134 valence electrons. The Hall–Kier alpha value is -1.63. The van der Waals surface area contributed by atoms with Gasteiger partial charge in [0.05, 0.1) is 0 Å². The van der Waals surface area contributed by atoms with E-state index in [0.29, 0.717) is 31.8 Å². The number of likely N-dealkylation sites (tertiary alicyclic amines) is 1. The molecular formula is C17H28N4O3. The van der Waals surface area contributed by atoms with Crippen molar-refractivity contribution in [2.45, 2.75) is 44.1 Å². The standard InChI is InChI=1S/C17H28N4O3/c1-18-10-13-6-9-20(11-13)14(22)12-21-15(23)17(19(2)16(21)24)7-4-3-5-8-17/h13,18H,3-12H2,1-2H3. The first-order valence-corrected chi connectivity index (χ1v) is 9.02. The van der Waals surface area contributed by atoms with E-state index in [1.165, 1.54) is 4.90 Å². The quantitative estimate of drug-likeness (QED) is 0.765. The van der Waals surface area contributed by atoms with Crippen molar-refractivity contribution in [1.82, 2.24) is 20.0 Å². The minimum Gasteiger partial charge on any atom is -0.341 e. The first-order chi connectivity index (χ1) is 11.5. The highest BCUT2D eigenvalue weighted by atomic mass is 16.2. The molecule has 0 bridgehead atoms. The summed E-state index contributed by atoms with van der Waals surface area (Å²) in [4.78, 5) is 42.6. The molecule has 3 aliphatic rings. The van der Waals surface area contributed by atoms with E-state index in [0.717, 1.165) is 32.2 Å². The van der Waals surface area contributed by atoms with Crippen LogP contribution in [-0.4, -0.2) is 78.4 Å². The van der Waals surface area contributed by atoms with Crippen LogP contribution in [0, 0.1) is 5.92 Å². The van der Waals surface area contributed by atoms with Crippen LogP contribution in [-0.2, 0) is 9.59 Å². The van der Waals surface area contributed by atoms with Gasteiger partial charge < -0.3 is 15.1 Å². The summed E-state index contributed by atoms with van der Waals surface area (Å²) in [5.41, 5.74) is -0.699. The van der Waals surface area contributed by atoms with E-state index in [1.54, 1.807) is 16.8 Å². The Morgan fingerprint density at radius 3 is 2.62 bits per heavy atom. The largest absolute Gasteiger partial charge is 0.341 e. The number of hydrogen-bond acceptors (Lipinski definition) is 4. The Morgan fingerprint density at radius 1 is 1.25 bits per heavy atom. The molecule has 1 spiro atoms. The second-order valence-electron chi connectivity index (χ2n) is 7.38. The number of amides is 4. The van der Waals surface area contributed by atoms with Crippen molar-refractivity contribution in [3.63, 3.8) is 0 Å². The Morgan fingerprint density at radius 2 is 1.96 bits per heavy atom. The molecule has 2 saturated heterocycles. The molecule has 4 amide bonds. The molecule has 7 heteroatoms. The van der Waals surface area contributed by atoms with Crippen LogP contribution >= 0.6 is 0 Å². The summed E-state index contributed by atoms with van der Waals surface area (Å²) in [6.45, 7) is 2.19. The zero-order chi connectivity index (χ0) is 17.3. The highest BCUT2D eigenvalue weighted by molar-refractivity contribution is 6.08. The summed E-state index contributed by atoms with van der Waals surface area (Å²) in [5.74, 6) is 0.168. The lowest BCUT2D eigenvalue weighted by Gasteiger charge is -2.35. The predicted octanol–water partition coefficient (Wildman–Crippen LogP) is 0.651. The molecule has 0 radical (unpaired) electrons. The van der Waals surface area contributed by atoms with Crippen LogP contribution in [0.4, 0.5) is 4.79 Å². The number of urea groups is 1. The molecule has 1 atom stereocenters. The van der Waals surface area contributed by atoms with Gasteiger partial charge in [0.1, 0.15) is 12.1 Å². The van der Waals surface area contributed by atoms with Gasteiger partial charge in [-0.3, -0.25) is 14.5 Å². The maximum atomic E-state index is 12.9. The summed E-state index contributed by atoms with van der Waals surface area (Å²) in [6, 6.07) is -0.318. The predicted molar refractivity (Wildman–Crippen MR) is 89.3 cm³/mol. The third-order valence-electron chi connectivity index (χ3n) is 5.91. The topological polar surface area (TPSA) is 73.0 Å². The minimum absolute atomic E-state index is 0.114. The Balaban J connectivity index is 1.66. The number of likely N-dealkylation sites (N-methyl/N-ethyl adjacent to an activating group) is 1. The molecule has 3 fully saturated rings. The van der Waals surface area contributed by atoms with Crippen LogP contribution in [0.15, 0.2) is 0 Å². The summed E-state index contributed by atoms with van der Waals surface area (Å²) >= 11 is 0. The number of rotatable bonds is 4. The van der Waals surface area contributed by atoms with Gasteiger partial charge in [0.15, 0.2) is 0 Å². The van der Waals surface area contributed by atoms with Crippen LogP contribution in [0.5, 0.6) is 0 Å². The van der Waals surface area contributed by atoms with E-state index in [9.17, 15) is 14.4 Å². The highest BCUT2D eigenvalue weighted by Crippen LogP contribution is 2.39. The van der Waals surface area contributed by atoms with Crippen LogP contribution in [0.2, 0.25) is 0 Å². The van der Waals surface area contributed by atoms with Crippen molar-refractivity contribution < 1.29 is 14.4 Å². The number of nitrogens with one attached hydrogen (secondary N) is 1. The lowest BCUT2D eigenvalue weighted by molar-refractivity contribution is -0.140. The first-order valence-electron chi connectivity index (χ1n) is 9.02. The van der Waals surface area contributed by atoms with Crippen molar-refractivity contribution in [2.75, 3.05) is 40.3 Å². The van der Waals surface area contributed by atoms with Gasteiger partial charge in [-0.05, 0) is 38.8 Å². The van der Waals surface area contributed by atoms with Crippen LogP contribution < -0.4 is 5.32 Å². The van der Waals surface area contributed by atoms with Crippen molar-refractivity contribution in [3.05, 3.63) is 0 Å². The van der Waals surface area contributed by atoms with Crippen molar-refractivity contribution in [1.29, 1.82) is 0 Å². The Labute approximate surface area is 143 Å². The monoisotopic (exact) mass is 336 g/mol. The van der Waals surface area contributed by atoms with Gasteiger partial charge in [-0.2, -0.15) is 0 Å². The highest BCUT2D eigenvalue weighted by Gasteiger charge is 2.56. The van der Waals surface area contributed by atoms with Crippen LogP contribution in [0.25, 0.3) is 0 Å². The zero-order valence-corrected chi connectivity index (χ0v) is 14.7. The SMILES string of the molecule is CNCC1CCN(C(=O)CN2C(=O)N(C)C3(CCCCC3)C2=O)C1. The van der Waals surface area contributed by atoms with Gasteiger partial charge in [0.25, 0.3) is 5.91 Å². The van der Waals surface area contributed by atoms with E-state index >= 15 is 0 Å². The second-order valence-corrected chi connectivity index (χ2v) is 7.38. The van der Waals surface area contributed by atoms with E-state index in [-0.39, 0.29) is 24.4 Å². The maximum Gasteiger partial charge on any atom is 0.327 e. The first kappa shape index (κ1) is 17.2. The number of nitrogens with zero attached hydrogens (tertiary/aromatic N) is 3. The van der Waals surface area contributed by atoms with Gasteiger partial charge >= 0.3 is 6.03 Å². The Kier molecular flexibility index (Phi) is 4.80. The molecule has 24 heavy (non-hydrogen) atoms. The Bertz CT molecular complexity index is 530. The smallest absolute Gasteiger partial charge is 0.327 e. The van der Waals surface area contributed by atoms with Crippen molar-refractivity contribution in [2.24, 2.45) is 5.92 Å². The van der Waals surface area contributed by atoms with Gasteiger partial charge in [-0.1, -0.05) is 19.3 Å². The fourth-order valence-electron chi connectivity index (χ4n) is 4.42. The molecule has 3 rings (SSSR count). The van der Waals surface area contributed by atoms with Crippen molar-refractivity contribution >= 4 is 17.8 Å². The molecule has 1 N–H and O–H groups in total. The molecule has 2 aliphatic heterocycles. The zero-order valence-electron chi connectivity index (χ0n) is 14.7. The average Bonchev–Trinajstić information content (AvgIpc) is 3.12.